The summed E-state index contributed by atoms with van der Waals surface area (Å²) >= 11 is 0. The van der Waals surface area contributed by atoms with Crippen LogP contribution in [0.25, 0.3) is 0 Å². The zero-order chi connectivity index (χ0) is 16.9. The number of hydrogen-bond acceptors (Lipinski definition) is 6. The van der Waals surface area contributed by atoms with Gasteiger partial charge in [-0.15, -0.1) is 0 Å². The second kappa shape index (κ2) is 6.89. The van der Waals surface area contributed by atoms with Crippen molar-refractivity contribution in [3.8, 4) is 6.19 Å². The zero-order valence-electron chi connectivity index (χ0n) is 12.6. The van der Waals surface area contributed by atoms with E-state index in [2.05, 4.69) is 10.2 Å². The van der Waals surface area contributed by atoms with Crippen molar-refractivity contribution in [1.82, 2.24) is 4.72 Å². The maximum atomic E-state index is 11.6. The monoisotopic (exact) mass is 329 g/mol. The highest BCUT2D eigenvalue weighted by Gasteiger charge is 2.12. The van der Waals surface area contributed by atoms with E-state index < -0.39 is 10.0 Å². The Morgan fingerprint density at radius 1 is 0.957 bits per heavy atom. The highest BCUT2D eigenvalue weighted by molar-refractivity contribution is 7.89. The van der Waals surface area contributed by atoms with Gasteiger partial charge in [0, 0.05) is 19.8 Å². The fourth-order valence-electron chi connectivity index (χ4n) is 1.74. The van der Waals surface area contributed by atoms with Crippen molar-refractivity contribution < 1.29 is 8.42 Å². The molecule has 0 heterocycles. The number of nitrogens with zero attached hydrogens (tertiary/aromatic N) is 4. The van der Waals surface area contributed by atoms with E-state index in [0.29, 0.717) is 11.4 Å². The molecule has 0 amide bonds. The number of nitriles is 1. The molecule has 2 aromatic carbocycles. The number of anilines is 1. The van der Waals surface area contributed by atoms with Gasteiger partial charge in [0.1, 0.15) is 0 Å². The maximum absolute atomic E-state index is 11.6. The standard InChI is InChI=1S/C15H15N5O2S/c1-20(2)14-7-3-12(4-8-14)18-19-13-5-9-15(10-6-13)23(21,22)17-11-16/h3-10,17H,1-2H3. The van der Waals surface area contributed by atoms with Gasteiger partial charge in [0.25, 0.3) is 10.0 Å². The number of rotatable bonds is 5. The first-order valence-electron chi connectivity index (χ1n) is 6.62. The third-order valence-corrected chi connectivity index (χ3v) is 4.23. The SMILES string of the molecule is CN(C)c1ccc(N=Nc2ccc(S(=O)(=O)NC#N)cc2)cc1. The number of azo groups is 1. The van der Waals surface area contributed by atoms with E-state index in [1.165, 1.54) is 30.5 Å². The van der Waals surface area contributed by atoms with E-state index in [4.69, 9.17) is 5.26 Å². The summed E-state index contributed by atoms with van der Waals surface area (Å²) in [5.74, 6) is 0. The second-order valence-electron chi connectivity index (χ2n) is 4.82. The van der Waals surface area contributed by atoms with Crippen LogP contribution >= 0.6 is 0 Å². The normalized spacial score (nSPS) is 11.2. The Morgan fingerprint density at radius 2 is 1.43 bits per heavy atom. The average molecular weight is 329 g/mol. The van der Waals surface area contributed by atoms with Gasteiger partial charge < -0.3 is 4.90 Å². The van der Waals surface area contributed by atoms with Gasteiger partial charge in [-0.3, -0.25) is 0 Å². The lowest BCUT2D eigenvalue weighted by Crippen LogP contribution is -2.17. The summed E-state index contributed by atoms with van der Waals surface area (Å²) in [6, 6.07) is 13.3. The molecule has 0 aliphatic heterocycles. The molecule has 0 atom stereocenters. The van der Waals surface area contributed by atoms with Crippen LogP contribution in [0.3, 0.4) is 0 Å². The molecule has 7 nitrogen and oxygen atoms in total. The lowest BCUT2D eigenvalue weighted by Gasteiger charge is -2.11. The number of benzene rings is 2. The van der Waals surface area contributed by atoms with Crippen LogP contribution in [0.15, 0.2) is 63.7 Å². The minimum absolute atomic E-state index is 0.00617. The molecule has 0 saturated heterocycles. The summed E-state index contributed by atoms with van der Waals surface area (Å²) < 4.78 is 25.0. The van der Waals surface area contributed by atoms with Crippen molar-refractivity contribution in [2.45, 2.75) is 4.90 Å². The van der Waals surface area contributed by atoms with Gasteiger partial charge in [-0.25, -0.2) is 13.1 Å². The third-order valence-electron chi connectivity index (χ3n) is 2.97. The predicted octanol–water partition coefficient (Wildman–Crippen LogP) is 2.93. The maximum Gasteiger partial charge on any atom is 0.270 e. The topological polar surface area (TPSA) is 97.9 Å². The van der Waals surface area contributed by atoms with Crippen molar-refractivity contribution >= 4 is 27.1 Å². The van der Waals surface area contributed by atoms with Gasteiger partial charge in [-0.1, -0.05) is 0 Å². The Balaban J connectivity index is 2.13. The summed E-state index contributed by atoms with van der Waals surface area (Å²) in [6.45, 7) is 0. The van der Waals surface area contributed by atoms with Crippen molar-refractivity contribution in [3.05, 3.63) is 48.5 Å². The van der Waals surface area contributed by atoms with Gasteiger partial charge in [0.2, 0.25) is 0 Å². The first-order chi connectivity index (χ1) is 10.9. The molecular weight excluding hydrogens is 314 g/mol. The van der Waals surface area contributed by atoms with Crippen molar-refractivity contribution in [3.63, 3.8) is 0 Å². The van der Waals surface area contributed by atoms with E-state index in [9.17, 15) is 8.42 Å². The van der Waals surface area contributed by atoms with E-state index >= 15 is 0 Å². The van der Waals surface area contributed by atoms with E-state index in [1.54, 1.807) is 4.72 Å². The van der Waals surface area contributed by atoms with Crippen LogP contribution in [-0.4, -0.2) is 22.5 Å². The van der Waals surface area contributed by atoms with E-state index in [0.717, 1.165) is 5.69 Å². The Labute approximate surface area is 134 Å². The lowest BCUT2D eigenvalue weighted by molar-refractivity contribution is 0.591. The quantitative estimate of drug-likeness (QED) is 0.518. The molecule has 23 heavy (non-hydrogen) atoms. The first kappa shape index (κ1) is 16.5. The molecule has 8 heteroatoms. The van der Waals surface area contributed by atoms with Crippen molar-refractivity contribution in [2.75, 3.05) is 19.0 Å². The molecule has 0 spiro atoms. The van der Waals surface area contributed by atoms with Crippen LogP contribution in [-0.2, 0) is 10.0 Å². The smallest absolute Gasteiger partial charge is 0.270 e. The molecule has 0 aromatic heterocycles. The summed E-state index contributed by atoms with van der Waals surface area (Å²) in [6.07, 6.45) is 1.40. The van der Waals surface area contributed by atoms with Crippen LogP contribution in [0.5, 0.6) is 0 Å². The molecule has 1 N–H and O–H groups in total. The molecule has 0 fully saturated rings. The molecule has 0 aliphatic carbocycles. The fourth-order valence-corrected chi connectivity index (χ4v) is 2.48. The zero-order valence-corrected chi connectivity index (χ0v) is 13.4. The Bertz CT molecular complexity index is 835. The second-order valence-corrected chi connectivity index (χ2v) is 6.50. The molecule has 2 aromatic rings. The first-order valence-corrected chi connectivity index (χ1v) is 8.11. The predicted molar refractivity (Wildman–Crippen MR) is 87.3 cm³/mol. The van der Waals surface area contributed by atoms with Gasteiger partial charge in [-0.05, 0) is 48.5 Å². The van der Waals surface area contributed by atoms with Crippen molar-refractivity contribution in [1.29, 1.82) is 5.26 Å². The Hall–Kier alpha value is -2.92. The molecular formula is C15H15N5O2S. The molecule has 118 valence electrons. The van der Waals surface area contributed by atoms with Crippen LogP contribution in [0, 0.1) is 11.5 Å². The van der Waals surface area contributed by atoms with Gasteiger partial charge in [-0.2, -0.15) is 15.5 Å². The van der Waals surface area contributed by atoms with Gasteiger partial charge >= 0.3 is 0 Å². The van der Waals surface area contributed by atoms with Crippen molar-refractivity contribution in [2.24, 2.45) is 10.2 Å². The summed E-state index contributed by atoms with van der Waals surface area (Å²) in [7, 11) is 0.108. The highest BCUT2D eigenvalue weighted by Crippen LogP contribution is 2.22. The average Bonchev–Trinajstić information content (AvgIpc) is 2.53. The molecule has 0 radical (unpaired) electrons. The van der Waals surface area contributed by atoms with Crippen LogP contribution in [0.2, 0.25) is 0 Å². The largest absolute Gasteiger partial charge is 0.378 e. The Morgan fingerprint density at radius 3 is 1.87 bits per heavy atom. The number of hydrogen-bond donors (Lipinski definition) is 1. The van der Waals surface area contributed by atoms with Crippen LogP contribution in [0.1, 0.15) is 0 Å². The van der Waals surface area contributed by atoms with E-state index in [1.807, 2.05) is 43.3 Å². The number of sulfonamides is 1. The molecule has 0 unspecified atom stereocenters. The summed E-state index contributed by atoms with van der Waals surface area (Å²) in [5, 5.41) is 16.6. The molecule has 2 rings (SSSR count). The molecule has 0 aliphatic rings. The van der Waals surface area contributed by atoms with E-state index in [-0.39, 0.29) is 4.90 Å². The molecule has 0 saturated carbocycles. The fraction of sp³-hybridized carbons (Fsp3) is 0.133. The van der Waals surface area contributed by atoms with Gasteiger partial charge in [0.05, 0.1) is 16.3 Å². The lowest BCUT2D eigenvalue weighted by atomic mass is 10.3. The molecule has 0 bridgehead atoms. The van der Waals surface area contributed by atoms with Gasteiger partial charge in [0.15, 0.2) is 6.19 Å². The minimum Gasteiger partial charge on any atom is -0.378 e. The number of nitrogens with one attached hydrogen (secondary N) is 1. The minimum atomic E-state index is -3.80. The third kappa shape index (κ3) is 4.28. The Kier molecular flexibility index (Phi) is 4.93. The summed E-state index contributed by atoms with van der Waals surface area (Å²) in [5.41, 5.74) is 2.26. The highest BCUT2D eigenvalue weighted by atomic mass is 32.2. The summed E-state index contributed by atoms with van der Waals surface area (Å²) in [4.78, 5) is 1.98. The van der Waals surface area contributed by atoms with Crippen LogP contribution in [0.4, 0.5) is 17.1 Å². The van der Waals surface area contributed by atoms with Crippen LogP contribution < -0.4 is 9.62 Å².